The first-order valence-corrected chi connectivity index (χ1v) is 12.8. The van der Waals surface area contributed by atoms with Gasteiger partial charge in [-0.25, -0.2) is 0 Å². The molecule has 2 nitrogen and oxygen atoms in total. The van der Waals surface area contributed by atoms with Gasteiger partial charge in [-0.3, -0.25) is 0 Å². The van der Waals surface area contributed by atoms with E-state index in [4.69, 9.17) is 10.2 Å². The van der Waals surface area contributed by atoms with Crippen molar-refractivity contribution in [2.45, 2.75) is 18.4 Å². The Hall–Kier alpha value is -1.86. The maximum Gasteiger partial charge on any atom is 0.188 e. The molecule has 3 aromatic rings. The molecule has 2 N–H and O–H groups in total. The Morgan fingerprint density at radius 1 is 0.645 bits per heavy atom. The second-order valence-electron chi connectivity index (χ2n) is 6.00. The van der Waals surface area contributed by atoms with Crippen LogP contribution in [0.5, 0.6) is 0 Å². The summed E-state index contributed by atoms with van der Waals surface area (Å²) in [6.45, 7) is 4.44. The van der Waals surface area contributed by atoms with E-state index in [0.29, 0.717) is 15.7 Å². The zero-order valence-corrected chi connectivity index (χ0v) is 20.9. The first kappa shape index (κ1) is 27.2. The average Bonchev–Trinajstić information content (AvgIpc) is 2.81. The predicted octanol–water partition coefficient (Wildman–Crippen LogP) is 8.03. The number of aliphatic hydroxyl groups excluding tert-OH is 2. The van der Waals surface area contributed by atoms with Crippen LogP contribution in [0.25, 0.3) is 0 Å². The van der Waals surface area contributed by atoms with Gasteiger partial charge in [0.2, 0.25) is 0 Å². The number of benzene rings is 3. The molecule has 0 saturated heterocycles. The molecular weight excluding hydrogens is 461 g/mol. The van der Waals surface area contributed by atoms with E-state index in [1.54, 1.807) is 24.3 Å². The van der Waals surface area contributed by atoms with Crippen molar-refractivity contribution in [2.24, 2.45) is 0 Å². The minimum absolute atomic E-state index is 0.0457. The lowest BCUT2D eigenvalue weighted by Crippen LogP contribution is -1.91. The van der Waals surface area contributed by atoms with Crippen LogP contribution in [-0.4, -0.2) is 31.8 Å². The molecule has 3 rings (SSSR count). The Morgan fingerprint density at radius 2 is 0.968 bits per heavy atom. The molecule has 0 aliphatic heterocycles. The molecule has 164 valence electrons. The van der Waals surface area contributed by atoms with Crippen LogP contribution in [0.3, 0.4) is 0 Å². The van der Waals surface area contributed by atoms with Crippen molar-refractivity contribution in [3.63, 3.8) is 0 Å². The van der Waals surface area contributed by atoms with E-state index in [1.807, 2.05) is 59.9 Å². The Kier molecular flexibility index (Phi) is 14.7. The van der Waals surface area contributed by atoms with Crippen LogP contribution >= 0.6 is 48.0 Å². The zero-order valence-electron chi connectivity index (χ0n) is 17.7. The van der Waals surface area contributed by atoms with Gasteiger partial charge in [0.15, 0.2) is 10.1 Å². The largest absolute Gasteiger partial charge is 0.499 e. The fourth-order valence-electron chi connectivity index (χ4n) is 2.31. The van der Waals surface area contributed by atoms with Crippen LogP contribution in [0.1, 0.15) is 35.1 Å². The topological polar surface area (TPSA) is 40.5 Å². The Balaban J connectivity index is 0.000000239. The van der Waals surface area contributed by atoms with Crippen molar-refractivity contribution in [1.29, 1.82) is 0 Å². The van der Waals surface area contributed by atoms with Crippen LogP contribution in [0, 0.1) is 0 Å². The number of aliphatic hydroxyl groups is 2. The van der Waals surface area contributed by atoms with Gasteiger partial charge in [0, 0.05) is 11.1 Å². The first-order chi connectivity index (χ1) is 15.0. The van der Waals surface area contributed by atoms with Crippen LogP contribution in [0.4, 0.5) is 0 Å². The van der Waals surface area contributed by atoms with E-state index >= 15 is 0 Å². The van der Waals surface area contributed by atoms with E-state index in [9.17, 15) is 0 Å². The molecule has 0 aliphatic rings. The standard InChI is InChI=1S/C11H16S2.2C7H6OS/c1-3-12-11(13-4-2)10-8-6-5-7-9-10;2*8-7(9)6-4-2-1-3-5-6/h5-9,11H,3-4H2,1-2H3;2*1-5H,(H,8,9). The highest BCUT2D eigenvalue weighted by molar-refractivity contribution is 8.16. The summed E-state index contributed by atoms with van der Waals surface area (Å²) in [5.41, 5.74) is 2.85. The summed E-state index contributed by atoms with van der Waals surface area (Å²) in [6.07, 6.45) is 0. The number of hydrogen-bond donors (Lipinski definition) is 2. The number of hydrogen-bond acceptors (Lipinski definition) is 4. The molecule has 0 spiro atoms. The maximum atomic E-state index is 8.76. The van der Waals surface area contributed by atoms with Gasteiger partial charge in [-0.15, -0.1) is 23.5 Å². The highest BCUT2D eigenvalue weighted by atomic mass is 32.2. The van der Waals surface area contributed by atoms with Crippen LogP contribution < -0.4 is 0 Å². The van der Waals surface area contributed by atoms with Gasteiger partial charge in [-0.2, -0.15) is 0 Å². The molecule has 0 saturated carbocycles. The third-order valence-corrected chi connectivity index (χ3v) is 6.85. The molecule has 31 heavy (non-hydrogen) atoms. The molecule has 0 aliphatic carbocycles. The molecule has 6 heteroatoms. The minimum Gasteiger partial charge on any atom is -0.499 e. The smallest absolute Gasteiger partial charge is 0.188 e. The lowest BCUT2D eigenvalue weighted by molar-refractivity contribution is 0.570. The molecule has 0 atom stereocenters. The summed E-state index contributed by atoms with van der Waals surface area (Å²) in [7, 11) is 0. The SMILES string of the molecule is CCSC(SCC)c1ccccc1.OC(=S)c1ccccc1.OC(=S)c1ccccc1. The van der Waals surface area contributed by atoms with E-state index in [-0.39, 0.29) is 10.1 Å². The van der Waals surface area contributed by atoms with E-state index < -0.39 is 0 Å². The Labute approximate surface area is 205 Å². The van der Waals surface area contributed by atoms with Crippen LogP contribution in [0.15, 0.2) is 91.0 Å². The fourth-order valence-corrected chi connectivity index (χ4v) is 5.09. The first-order valence-electron chi connectivity index (χ1n) is 9.84. The van der Waals surface area contributed by atoms with Crippen molar-refractivity contribution >= 4 is 58.1 Å². The summed E-state index contributed by atoms with van der Waals surface area (Å²) in [4.78, 5) is 0. The molecule has 0 bridgehead atoms. The molecule has 0 fully saturated rings. The van der Waals surface area contributed by atoms with Gasteiger partial charge < -0.3 is 10.2 Å². The fraction of sp³-hybridized carbons (Fsp3) is 0.200. The average molecular weight is 489 g/mol. The maximum absolute atomic E-state index is 8.76. The summed E-state index contributed by atoms with van der Waals surface area (Å²) in [6, 6.07) is 28.9. The third kappa shape index (κ3) is 11.9. The van der Waals surface area contributed by atoms with E-state index in [1.165, 1.54) is 17.1 Å². The molecule has 0 radical (unpaired) electrons. The van der Waals surface area contributed by atoms with Gasteiger partial charge in [-0.1, -0.05) is 105 Å². The van der Waals surface area contributed by atoms with Crippen LogP contribution in [0.2, 0.25) is 0 Å². The lowest BCUT2D eigenvalue weighted by atomic mass is 10.2. The number of rotatable bonds is 7. The van der Waals surface area contributed by atoms with E-state index in [2.05, 4.69) is 68.6 Å². The van der Waals surface area contributed by atoms with Gasteiger partial charge in [-0.05, 0) is 41.5 Å². The van der Waals surface area contributed by atoms with Crippen molar-refractivity contribution in [1.82, 2.24) is 0 Å². The third-order valence-electron chi connectivity index (χ3n) is 3.75. The molecule has 0 heterocycles. The normalized spacial score (nSPS) is 9.65. The Bertz CT molecular complexity index is 816. The predicted molar refractivity (Wildman–Crippen MR) is 147 cm³/mol. The Morgan fingerprint density at radius 3 is 1.23 bits per heavy atom. The van der Waals surface area contributed by atoms with Crippen molar-refractivity contribution in [2.75, 3.05) is 11.5 Å². The van der Waals surface area contributed by atoms with Crippen molar-refractivity contribution in [3.05, 3.63) is 108 Å². The van der Waals surface area contributed by atoms with Gasteiger partial charge in [0.1, 0.15) is 0 Å². The van der Waals surface area contributed by atoms with Crippen molar-refractivity contribution < 1.29 is 10.2 Å². The minimum atomic E-state index is -0.0457. The second-order valence-corrected chi connectivity index (χ2v) is 9.83. The summed E-state index contributed by atoms with van der Waals surface area (Å²) < 4.78 is 0.621. The lowest BCUT2D eigenvalue weighted by Gasteiger charge is -2.14. The zero-order chi connectivity index (χ0) is 22.9. The molecular formula is C25H28O2S4. The number of thiocarbonyl (C=S) groups is 2. The summed E-state index contributed by atoms with van der Waals surface area (Å²) in [5.74, 6) is 2.37. The van der Waals surface area contributed by atoms with Gasteiger partial charge >= 0.3 is 0 Å². The van der Waals surface area contributed by atoms with E-state index in [0.717, 1.165) is 0 Å². The summed E-state index contributed by atoms with van der Waals surface area (Å²) in [5, 5.41) is 17.4. The van der Waals surface area contributed by atoms with Crippen molar-refractivity contribution in [3.8, 4) is 0 Å². The van der Waals surface area contributed by atoms with Gasteiger partial charge in [0.05, 0.1) is 4.58 Å². The highest BCUT2D eigenvalue weighted by Gasteiger charge is 2.09. The molecule has 0 unspecified atom stereocenters. The molecule has 3 aromatic carbocycles. The summed E-state index contributed by atoms with van der Waals surface area (Å²) >= 11 is 13.1. The number of thioether (sulfide) groups is 2. The molecule has 0 amide bonds. The monoisotopic (exact) mass is 488 g/mol. The van der Waals surface area contributed by atoms with Crippen LogP contribution in [-0.2, 0) is 0 Å². The highest BCUT2D eigenvalue weighted by Crippen LogP contribution is 2.38. The van der Waals surface area contributed by atoms with Gasteiger partial charge in [0.25, 0.3) is 0 Å². The quantitative estimate of drug-likeness (QED) is 0.259. The molecule has 0 aromatic heterocycles. The second kappa shape index (κ2) is 16.8.